The topological polar surface area (TPSA) is 107 Å². The number of hydrogen-bond acceptors (Lipinski definition) is 7. The average molecular weight is 674 g/mol. The molecular weight excluding hydrogens is 645 g/mol. The Morgan fingerprint density at radius 2 is 1.68 bits per heavy atom. The van der Waals surface area contributed by atoms with Crippen molar-refractivity contribution < 1.29 is 44.6 Å². The van der Waals surface area contributed by atoms with Crippen molar-refractivity contribution in [3.63, 3.8) is 0 Å². The Morgan fingerprint density at radius 1 is 0.979 bits per heavy atom. The Balaban J connectivity index is 1.55. The van der Waals surface area contributed by atoms with Gasteiger partial charge in [0, 0.05) is 36.1 Å². The molecule has 8 nitrogen and oxygen atoms in total. The number of oxazole rings is 1. The van der Waals surface area contributed by atoms with E-state index in [0.717, 1.165) is 31.4 Å². The van der Waals surface area contributed by atoms with Gasteiger partial charge in [0.1, 0.15) is 17.3 Å². The molecule has 0 radical (unpaired) electrons. The third kappa shape index (κ3) is 6.52. The maximum Gasteiger partial charge on any atom is 0.434 e. The number of alkyl halides is 3. The third-order valence-electron chi connectivity index (χ3n) is 7.83. The lowest BCUT2D eigenvalue weighted by molar-refractivity contribution is -0.141. The molecule has 0 atom stereocenters. The summed E-state index contributed by atoms with van der Waals surface area (Å²) in [7, 11) is -3.97. The Hall–Kier alpha value is -4.56. The van der Waals surface area contributed by atoms with E-state index in [0.29, 0.717) is 12.5 Å². The van der Waals surface area contributed by atoms with Crippen molar-refractivity contribution in [1.29, 1.82) is 0 Å². The van der Waals surface area contributed by atoms with Crippen LogP contribution in [0, 0.1) is 31.4 Å². The van der Waals surface area contributed by atoms with Gasteiger partial charge in [-0.1, -0.05) is 6.07 Å². The molecule has 0 aliphatic heterocycles. The van der Waals surface area contributed by atoms with E-state index >= 15 is 8.78 Å². The van der Waals surface area contributed by atoms with Gasteiger partial charge in [0.05, 0.1) is 23.8 Å². The highest BCUT2D eigenvalue weighted by atomic mass is 32.2. The van der Waals surface area contributed by atoms with Gasteiger partial charge in [-0.05, 0) is 79.3 Å². The molecule has 246 valence electrons. The van der Waals surface area contributed by atoms with Gasteiger partial charge < -0.3 is 18.8 Å². The molecule has 0 spiro atoms. The van der Waals surface area contributed by atoms with E-state index in [1.807, 2.05) is 0 Å². The summed E-state index contributed by atoms with van der Waals surface area (Å²) in [6, 6.07) is 10.9. The Morgan fingerprint density at radius 3 is 2.30 bits per heavy atom. The highest BCUT2D eigenvalue weighted by molar-refractivity contribution is 7.90. The zero-order valence-corrected chi connectivity index (χ0v) is 26.1. The Bertz CT molecular complexity index is 2120. The van der Waals surface area contributed by atoms with Crippen LogP contribution >= 0.6 is 0 Å². The number of hydrogen-bond donors (Lipinski definition) is 1. The van der Waals surface area contributed by atoms with Crippen LogP contribution < -0.4 is 4.74 Å². The fraction of sp³-hybridized carbons (Fsp3) is 0.273. The van der Waals surface area contributed by atoms with Crippen LogP contribution in [0.5, 0.6) is 5.75 Å². The molecule has 5 aromatic rings. The predicted molar refractivity (Wildman–Crippen MR) is 162 cm³/mol. The quantitative estimate of drug-likeness (QED) is 0.162. The standard InChI is InChI=1S/C33H28F5N3O5S/c1-17-39-30(33(36,37)38)14-41(17)27-8-6-20(22-12-25(34)24(15-42)29(13-22)47(3,43)44)10-23(27)31-32(46-18(2)40-31)21-7-9-28(26(35)11-21)45-16-19-4-5-19/h6-14,19,42H,4-5,15-16H2,1-3H3. The maximum absolute atomic E-state index is 15.2. The van der Waals surface area contributed by atoms with Crippen LogP contribution in [0.1, 0.15) is 35.8 Å². The van der Waals surface area contributed by atoms with Crippen molar-refractivity contribution in [3.8, 4) is 45.1 Å². The number of nitrogens with zero attached hydrogens (tertiary/aromatic N) is 3. The van der Waals surface area contributed by atoms with E-state index in [9.17, 15) is 26.7 Å². The summed E-state index contributed by atoms with van der Waals surface area (Å²) < 4.78 is 109. The van der Waals surface area contributed by atoms with E-state index in [4.69, 9.17) is 9.15 Å². The Kier molecular flexibility index (Phi) is 8.20. The number of halogens is 5. The molecule has 3 aromatic carbocycles. The predicted octanol–water partition coefficient (Wildman–Crippen LogP) is 7.46. The van der Waals surface area contributed by atoms with Gasteiger partial charge in [-0.2, -0.15) is 13.2 Å². The lowest BCUT2D eigenvalue weighted by atomic mass is 9.97. The molecule has 1 fully saturated rings. The molecule has 0 amide bonds. The van der Waals surface area contributed by atoms with Crippen molar-refractivity contribution in [3.05, 3.63) is 89.3 Å². The minimum atomic E-state index is -4.74. The highest BCUT2D eigenvalue weighted by Crippen LogP contribution is 2.41. The molecule has 47 heavy (non-hydrogen) atoms. The van der Waals surface area contributed by atoms with Crippen LogP contribution in [-0.2, 0) is 22.6 Å². The monoisotopic (exact) mass is 673 g/mol. The summed E-state index contributed by atoms with van der Waals surface area (Å²) in [5, 5.41) is 9.65. The lowest BCUT2D eigenvalue weighted by Gasteiger charge is -2.15. The van der Waals surface area contributed by atoms with Crippen molar-refractivity contribution >= 4 is 9.84 Å². The summed E-state index contributed by atoms with van der Waals surface area (Å²) >= 11 is 0. The van der Waals surface area contributed by atoms with Crippen molar-refractivity contribution in [2.75, 3.05) is 12.9 Å². The number of aryl methyl sites for hydroxylation is 2. The molecule has 6 rings (SSSR count). The second-order valence-corrected chi connectivity index (χ2v) is 13.4. The fourth-order valence-corrected chi connectivity index (χ4v) is 6.24. The summed E-state index contributed by atoms with van der Waals surface area (Å²) in [4.78, 5) is 7.76. The van der Waals surface area contributed by atoms with E-state index in [1.54, 1.807) is 13.0 Å². The van der Waals surface area contributed by atoms with Crippen LogP contribution in [-0.4, -0.2) is 40.9 Å². The second kappa shape index (κ2) is 11.9. The minimum absolute atomic E-state index is 0.00555. The smallest absolute Gasteiger partial charge is 0.434 e. The van der Waals surface area contributed by atoms with Gasteiger partial charge >= 0.3 is 6.18 Å². The summed E-state index contributed by atoms with van der Waals surface area (Å²) in [6.07, 6.45) is -0.984. The number of rotatable bonds is 9. The Labute approximate surface area is 266 Å². The summed E-state index contributed by atoms with van der Waals surface area (Å²) in [6.45, 7) is 2.47. The van der Waals surface area contributed by atoms with E-state index in [1.165, 1.54) is 47.9 Å². The largest absolute Gasteiger partial charge is 0.490 e. The summed E-state index contributed by atoms with van der Waals surface area (Å²) in [5.41, 5.74) is -0.376. The summed E-state index contributed by atoms with van der Waals surface area (Å²) in [5.74, 6) is -0.898. The lowest BCUT2D eigenvalue weighted by Crippen LogP contribution is -2.06. The van der Waals surface area contributed by atoms with Crippen molar-refractivity contribution in [2.45, 2.75) is 44.4 Å². The molecular formula is C33H28F5N3O5S. The van der Waals surface area contributed by atoms with E-state index < -0.39 is 50.4 Å². The number of benzene rings is 3. The number of aliphatic hydroxyl groups is 1. The fourth-order valence-electron chi connectivity index (χ4n) is 5.29. The minimum Gasteiger partial charge on any atom is -0.490 e. The van der Waals surface area contributed by atoms with Gasteiger partial charge in [-0.15, -0.1) is 0 Å². The van der Waals surface area contributed by atoms with Crippen molar-refractivity contribution in [1.82, 2.24) is 14.5 Å². The molecule has 2 aromatic heterocycles. The van der Waals surface area contributed by atoms with Gasteiger partial charge in [0.15, 0.2) is 38.7 Å². The van der Waals surface area contributed by atoms with Gasteiger partial charge in [-0.25, -0.2) is 27.2 Å². The van der Waals surface area contributed by atoms with Crippen LogP contribution in [0.15, 0.2) is 64.0 Å². The number of aromatic nitrogens is 3. The molecule has 1 N–H and O–H groups in total. The van der Waals surface area contributed by atoms with Crippen LogP contribution in [0.4, 0.5) is 22.0 Å². The maximum atomic E-state index is 15.2. The number of sulfone groups is 1. The molecule has 1 saturated carbocycles. The first kappa shape index (κ1) is 32.4. The zero-order chi connectivity index (χ0) is 33.8. The number of ether oxygens (including phenoxy) is 1. The molecule has 0 saturated heterocycles. The zero-order valence-electron chi connectivity index (χ0n) is 25.3. The molecule has 2 heterocycles. The normalized spacial score (nSPS) is 13.7. The molecule has 0 bridgehead atoms. The average Bonchev–Trinajstić information content (AvgIpc) is 3.62. The molecule has 0 unspecified atom stereocenters. The number of imidazole rings is 1. The van der Waals surface area contributed by atoms with Crippen LogP contribution in [0.25, 0.3) is 39.4 Å². The first-order chi connectivity index (χ1) is 22.1. The van der Waals surface area contributed by atoms with Gasteiger partial charge in [-0.3, -0.25) is 0 Å². The van der Waals surface area contributed by atoms with Crippen LogP contribution in [0.3, 0.4) is 0 Å². The van der Waals surface area contributed by atoms with Gasteiger partial charge in [0.2, 0.25) is 0 Å². The second-order valence-electron chi connectivity index (χ2n) is 11.4. The molecule has 1 aliphatic carbocycles. The SMILES string of the molecule is Cc1nc(-c2cc(-c3cc(F)c(CO)c(S(C)(=O)=O)c3)ccc2-n2cc(C(F)(F)F)nc2C)c(-c2ccc(OCC3CC3)c(F)c2)o1. The van der Waals surface area contributed by atoms with Crippen molar-refractivity contribution in [2.24, 2.45) is 5.92 Å². The van der Waals surface area contributed by atoms with E-state index in [-0.39, 0.29) is 56.9 Å². The first-order valence-corrected chi connectivity index (χ1v) is 16.3. The highest BCUT2D eigenvalue weighted by Gasteiger charge is 2.35. The van der Waals surface area contributed by atoms with Gasteiger partial charge in [0.25, 0.3) is 0 Å². The molecule has 14 heteroatoms. The third-order valence-corrected chi connectivity index (χ3v) is 8.99. The van der Waals surface area contributed by atoms with Crippen LogP contribution in [0.2, 0.25) is 0 Å². The first-order valence-electron chi connectivity index (χ1n) is 14.5. The van der Waals surface area contributed by atoms with E-state index in [2.05, 4.69) is 9.97 Å². The molecule has 1 aliphatic rings. The number of aliphatic hydroxyl groups excluding tert-OH is 1.